The lowest BCUT2D eigenvalue weighted by Crippen LogP contribution is -2.40. The van der Waals surface area contributed by atoms with Gasteiger partial charge in [-0.1, -0.05) is 32.0 Å². The Morgan fingerprint density at radius 1 is 1.10 bits per heavy atom. The van der Waals surface area contributed by atoms with Crippen LogP contribution in [0.4, 0.5) is 0 Å². The van der Waals surface area contributed by atoms with Crippen molar-refractivity contribution in [2.45, 2.75) is 76.8 Å². The van der Waals surface area contributed by atoms with E-state index in [2.05, 4.69) is 0 Å². The van der Waals surface area contributed by atoms with E-state index in [1.807, 2.05) is 26.0 Å². The molecule has 0 radical (unpaired) electrons. The second-order valence-corrected chi connectivity index (χ2v) is 7.46. The summed E-state index contributed by atoms with van der Waals surface area (Å²) in [6, 6.07) is 7.17. The van der Waals surface area contributed by atoms with Crippen LogP contribution in [-0.4, -0.2) is 48.3 Å². The summed E-state index contributed by atoms with van der Waals surface area (Å²) < 4.78 is 21.5. The molecule has 0 aliphatic carbocycles. The van der Waals surface area contributed by atoms with Gasteiger partial charge in [-0.25, -0.2) is 4.79 Å². The zero-order chi connectivity index (χ0) is 21.7. The van der Waals surface area contributed by atoms with E-state index in [-0.39, 0.29) is 19.3 Å². The third kappa shape index (κ3) is 5.17. The highest BCUT2D eigenvalue weighted by molar-refractivity contribution is 5.92. The molecule has 8 nitrogen and oxygen atoms in total. The van der Waals surface area contributed by atoms with Crippen molar-refractivity contribution in [3.8, 4) is 0 Å². The van der Waals surface area contributed by atoms with Crippen LogP contribution in [0.5, 0.6) is 0 Å². The maximum Gasteiger partial charge on any atom is 0.338 e. The number of carbonyl (C=O) groups excluding carboxylic acids is 4. The summed E-state index contributed by atoms with van der Waals surface area (Å²) in [5, 5.41) is 0. The molecule has 162 valence electrons. The first kappa shape index (κ1) is 21.8. The van der Waals surface area contributed by atoms with Crippen molar-refractivity contribution in [1.29, 1.82) is 0 Å². The molecular weight excluding hydrogens is 392 g/mol. The summed E-state index contributed by atoms with van der Waals surface area (Å²) in [6.07, 6.45) is -1.47. The largest absolute Gasteiger partial charge is 0.458 e. The zero-order valence-corrected chi connectivity index (χ0v) is 17.1. The summed E-state index contributed by atoms with van der Waals surface area (Å²) in [7, 11) is 0. The average Bonchev–Trinajstić information content (AvgIpc) is 3.04. The van der Waals surface area contributed by atoms with Crippen molar-refractivity contribution >= 4 is 23.9 Å². The fourth-order valence-electron chi connectivity index (χ4n) is 3.68. The molecule has 0 aromatic heterocycles. The molecule has 0 bridgehead atoms. The van der Waals surface area contributed by atoms with Crippen molar-refractivity contribution in [2.24, 2.45) is 0 Å². The summed E-state index contributed by atoms with van der Waals surface area (Å²) in [4.78, 5) is 48.1. The van der Waals surface area contributed by atoms with Gasteiger partial charge in [-0.05, 0) is 24.5 Å². The number of rotatable bonds is 8. The fraction of sp³-hybridized carbons (Fsp3) is 0.545. The standard InChI is InChI=1S/C22H26O8/c1-3-7-19(23)28-17-11-21(25)29-18(17)12-20(24)27-15(4-2)16-10-13-8-5-6-9-14(13)22(26)30-16/h5-6,8-9,15-18H,3-4,7,10-12H2,1-2H3. The molecule has 4 unspecified atom stereocenters. The first-order valence-corrected chi connectivity index (χ1v) is 10.3. The van der Waals surface area contributed by atoms with Crippen LogP contribution in [0.15, 0.2) is 24.3 Å². The highest BCUT2D eigenvalue weighted by Crippen LogP contribution is 2.26. The van der Waals surface area contributed by atoms with Gasteiger partial charge in [0.25, 0.3) is 0 Å². The molecule has 2 aliphatic rings. The van der Waals surface area contributed by atoms with E-state index < -0.39 is 48.3 Å². The number of benzene rings is 1. The molecule has 2 heterocycles. The molecule has 2 aliphatic heterocycles. The first-order chi connectivity index (χ1) is 14.4. The molecule has 0 spiro atoms. The SMILES string of the molecule is CCCC(=O)OC1CC(=O)OC1CC(=O)OC(CC)C1Cc2ccccc2C(=O)O1. The van der Waals surface area contributed by atoms with Gasteiger partial charge < -0.3 is 18.9 Å². The van der Waals surface area contributed by atoms with Gasteiger partial charge in [0.15, 0.2) is 0 Å². The third-order valence-electron chi connectivity index (χ3n) is 5.19. The smallest absolute Gasteiger partial charge is 0.338 e. The minimum absolute atomic E-state index is 0.0817. The highest BCUT2D eigenvalue weighted by Gasteiger charge is 2.40. The van der Waals surface area contributed by atoms with Gasteiger partial charge in [-0.2, -0.15) is 0 Å². The molecule has 1 fully saturated rings. The Morgan fingerprint density at radius 2 is 1.87 bits per heavy atom. The van der Waals surface area contributed by atoms with Gasteiger partial charge in [0.1, 0.15) is 24.4 Å². The van der Waals surface area contributed by atoms with E-state index in [0.29, 0.717) is 24.8 Å². The zero-order valence-electron chi connectivity index (χ0n) is 17.1. The second-order valence-electron chi connectivity index (χ2n) is 7.46. The Kier molecular flexibility index (Phi) is 7.07. The van der Waals surface area contributed by atoms with Gasteiger partial charge in [-0.3, -0.25) is 14.4 Å². The van der Waals surface area contributed by atoms with Gasteiger partial charge >= 0.3 is 23.9 Å². The summed E-state index contributed by atoms with van der Waals surface area (Å²) in [6.45, 7) is 3.67. The van der Waals surface area contributed by atoms with Crippen LogP contribution in [0, 0.1) is 0 Å². The number of carbonyl (C=O) groups is 4. The van der Waals surface area contributed by atoms with Crippen molar-refractivity contribution in [3.63, 3.8) is 0 Å². The first-order valence-electron chi connectivity index (χ1n) is 10.3. The van der Waals surface area contributed by atoms with Gasteiger partial charge in [-0.15, -0.1) is 0 Å². The van der Waals surface area contributed by atoms with Crippen LogP contribution in [0.3, 0.4) is 0 Å². The second kappa shape index (κ2) is 9.73. The van der Waals surface area contributed by atoms with E-state index in [0.717, 1.165) is 5.56 Å². The molecule has 0 saturated carbocycles. The van der Waals surface area contributed by atoms with E-state index in [9.17, 15) is 19.2 Å². The Hall–Kier alpha value is -2.90. The molecule has 8 heteroatoms. The fourth-order valence-corrected chi connectivity index (χ4v) is 3.68. The summed E-state index contributed by atoms with van der Waals surface area (Å²) >= 11 is 0. The lowest BCUT2D eigenvalue weighted by molar-refractivity contribution is -0.164. The molecule has 0 N–H and O–H groups in total. The summed E-state index contributed by atoms with van der Waals surface area (Å²) in [5.41, 5.74) is 1.37. The van der Waals surface area contributed by atoms with Crippen molar-refractivity contribution in [2.75, 3.05) is 0 Å². The number of cyclic esters (lactones) is 2. The van der Waals surface area contributed by atoms with E-state index in [1.54, 1.807) is 12.1 Å². The molecule has 0 amide bonds. The lowest BCUT2D eigenvalue weighted by Gasteiger charge is -2.30. The summed E-state index contributed by atoms with van der Waals surface area (Å²) in [5.74, 6) is -2.00. The van der Waals surface area contributed by atoms with Crippen LogP contribution in [-0.2, 0) is 39.8 Å². The van der Waals surface area contributed by atoms with E-state index in [1.165, 1.54) is 0 Å². The van der Waals surface area contributed by atoms with Gasteiger partial charge in [0.05, 0.1) is 18.4 Å². The molecule has 1 aromatic carbocycles. The van der Waals surface area contributed by atoms with Crippen LogP contribution in [0.25, 0.3) is 0 Å². The molecule has 3 rings (SSSR count). The number of hydrogen-bond donors (Lipinski definition) is 0. The number of ether oxygens (including phenoxy) is 4. The topological polar surface area (TPSA) is 105 Å². The normalized spacial score (nSPS) is 23.7. The Morgan fingerprint density at radius 3 is 2.60 bits per heavy atom. The third-order valence-corrected chi connectivity index (χ3v) is 5.19. The average molecular weight is 418 g/mol. The maximum absolute atomic E-state index is 12.5. The predicted octanol–water partition coefficient (Wildman–Crippen LogP) is 2.51. The quantitative estimate of drug-likeness (QED) is 0.468. The Balaban J connectivity index is 1.59. The number of esters is 4. The number of hydrogen-bond acceptors (Lipinski definition) is 8. The monoisotopic (exact) mass is 418 g/mol. The molecule has 1 saturated heterocycles. The predicted molar refractivity (Wildman–Crippen MR) is 103 cm³/mol. The van der Waals surface area contributed by atoms with E-state index >= 15 is 0 Å². The lowest BCUT2D eigenvalue weighted by atomic mass is 9.95. The van der Waals surface area contributed by atoms with Gasteiger partial charge in [0, 0.05) is 12.8 Å². The Labute approximate surface area is 174 Å². The van der Waals surface area contributed by atoms with Crippen LogP contribution in [0.2, 0.25) is 0 Å². The van der Waals surface area contributed by atoms with Gasteiger partial charge in [0.2, 0.25) is 0 Å². The van der Waals surface area contributed by atoms with Crippen LogP contribution >= 0.6 is 0 Å². The van der Waals surface area contributed by atoms with Crippen LogP contribution in [0.1, 0.15) is 61.9 Å². The Bertz CT molecular complexity index is 817. The molecular formula is C22H26O8. The minimum atomic E-state index is -0.877. The molecule has 4 atom stereocenters. The van der Waals surface area contributed by atoms with Crippen molar-refractivity contribution in [3.05, 3.63) is 35.4 Å². The molecule has 1 aromatic rings. The van der Waals surface area contributed by atoms with E-state index in [4.69, 9.17) is 18.9 Å². The van der Waals surface area contributed by atoms with Crippen LogP contribution < -0.4 is 0 Å². The maximum atomic E-state index is 12.5. The number of fused-ring (bicyclic) bond motifs is 1. The minimum Gasteiger partial charge on any atom is -0.458 e. The molecule has 30 heavy (non-hydrogen) atoms. The van der Waals surface area contributed by atoms with Crippen molar-refractivity contribution in [1.82, 2.24) is 0 Å². The van der Waals surface area contributed by atoms with Crippen molar-refractivity contribution < 1.29 is 38.1 Å². The highest BCUT2D eigenvalue weighted by atomic mass is 16.6.